The van der Waals surface area contributed by atoms with E-state index in [1.807, 2.05) is 56.3 Å². The van der Waals surface area contributed by atoms with Gasteiger partial charge >= 0.3 is 304 Å². The molecule has 0 aliphatic carbocycles. The van der Waals surface area contributed by atoms with Crippen molar-refractivity contribution in [2.24, 2.45) is 0 Å². The number of hydrogen-bond donors (Lipinski definition) is 0. The van der Waals surface area contributed by atoms with E-state index >= 15 is 0 Å². The first-order chi connectivity index (χ1) is 23.6. The van der Waals surface area contributed by atoms with Gasteiger partial charge in [0.1, 0.15) is 10.8 Å². The van der Waals surface area contributed by atoms with Crippen molar-refractivity contribution in [1.82, 2.24) is 19.9 Å². The van der Waals surface area contributed by atoms with Crippen molar-refractivity contribution in [3.63, 3.8) is 0 Å². The molecule has 0 atom stereocenters. The summed E-state index contributed by atoms with van der Waals surface area (Å²) in [6.07, 6.45) is 8.89. The number of aromatic nitrogens is 4. The Labute approximate surface area is 541 Å². The van der Waals surface area contributed by atoms with E-state index < -0.39 is 0 Å². The topological polar surface area (TPSA) is 104 Å². The number of nitrogens with zero attached hydrogens (tertiary/aromatic N) is 4. The van der Waals surface area contributed by atoms with Gasteiger partial charge in [-0.1, -0.05) is 59.8 Å². The number of halogens is 3. The second-order valence-corrected chi connectivity index (χ2v) is 9.53. The number of esters is 2. The summed E-state index contributed by atoms with van der Waals surface area (Å²) in [6.45, 7) is 3.68. The van der Waals surface area contributed by atoms with Gasteiger partial charge in [-0.3, -0.25) is 9.59 Å². The van der Waals surface area contributed by atoms with Gasteiger partial charge in [0.15, 0.2) is 0 Å². The van der Waals surface area contributed by atoms with Crippen LogP contribution >= 0.6 is 34.8 Å². The van der Waals surface area contributed by atoms with Gasteiger partial charge in [0.2, 0.25) is 10.6 Å². The third-order valence-electron chi connectivity index (χ3n) is 5.45. The fraction of sp³-hybridized carbons (Fsp3) is 0.188. The Morgan fingerprint density at radius 2 is 1.12 bits per heavy atom. The Morgan fingerprint density at radius 1 is 0.706 bits per heavy atom. The van der Waals surface area contributed by atoms with E-state index in [0.29, 0.717) is 10.8 Å². The summed E-state index contributed by atoms with van der Waals surface area (Å²) in [4.78, 5) is 37.7. The average Bonchev–Trinajstić information content (AvgIpc) is 3.14. The maximum atomic E-state index is 11.4. The summed E-state index contributed by atoms with van der Waals surface area (Å²) in [5, 5.41) is 0.758. The monoisotopic (exact) mass is 950 g/mol. The first kappa shape index (κ1) is 66.2. The van der Waals surface area contributed by atoms with Crippen LogP contribution in [-0.2, 0) is 31.9 Å². The molecule has 0 bridgehead atoms. The molecule has 19 heteroatoms. The average molecular weight is 953 g/mol. The molecule has 8 nitrogen and oxygen atoms in total. The predicted octanol–water partition coefficient (Wildman–Crippen LogP) is -2.02. The molecule has 2 heterocycles. The van der Waals surface area contributed by atoms with Crippen LogP contribution in [0.4, 0.5) is 0 Å². The summed E-state index contributed by atoms with van der Waals surface area (Å²) in [5.74, 6) is 7.93. The number of terminal acetylenes is 1. The Balaban J connectivity index is -0.000000150. The number of carbonyl (C=O) groups excluding carboxylic acids is 2. The molecule has 2 aromatic carbocycles. The predicted molar refractivity (Wildman–Crippen MR) is 204 cm³/mol. The number of rotatable bonds is 4. The van der Waals surface area contributed by atoms with Crippen molar-refractivity contribution in [2.45, 2.75) is 26.7 Å². The van der Waals surface area contributed by atoms with E-state index in [-0.39, 0.29) is 141 Å². The van der Waals surface area contributed by atoms with Crippen LogP contribution in [0.3, 0.4) is 0 Å². The number of aryl methyl sites for hydroxylation is 2. The summed E-state index contributed by atoms with van der Waals surface area (Å²) < 4.78 is 9.23. The first-order valence-corrected chi connectivity index (χ1v) is 64.6. The number of hydrogen-bond acceptors (Lipinski definition) is 8. The molecule has 0 aliphatic heterocycles. The SMILES string of the molecule is C#Cc1ccccc1CC(=O)OC.COC(=O)Cc1ccccc1C#Cc1nc(Cl)ncc1C.Cc1cnc(Cl)nc1Cl.[H-].[H-].[K+].[K+].[K][K].[K][K].[K][K]. The van der Waals surface area contributed by atoms with Crippen molar-refractivity contribution < 1.29 is 125 Å². The van der Waals surface area contributed by atoms with Crippen LogP contribution in [0, 0.1) is 38.0 Å². The van der Waals surface area contributed by atoms with Gasteiger partial charge in [0.25, 0.3) is 0 Å². The van der Waals surface area contributed by atoms with Crippen molar-refractivity contribution in [2.75, 3.05) is 14.2 Å². The molecular formula is C32H29Cl3K8N4O4. The van der Waals surface area contributed by atoms with E-state index in [0.717, 1.165) is 33.4 Å². The van der Waals surface area contributed by atoms with Crippen LogP contribution in [0.5, 0.6) is 0 Å². The summed E-state index contributed by atoms with van der Waals surface area (Å²) in [6, 6.07) is 14.7. The van der Waals surface area contributed by atoms with Crippen molar-refractivity contribution >= 4 is 236 Å². The molecule has 230 valence electrons. The Morgan fingerprint density at radius 3 is 1.55 bits per heavy atom. The van der Waals surface area contributed by atoms with Gasteiger partial charge in [-0.15, -0.1) is 6.42 Å². The zero-order chi connectivity index (χ0) is 37.8. The second-order valence-electron chi connectivity index (χ2n) is 8.50. The third kappa shape index (κ3) is 32.9. The summed E-state index contributed by atoms with van der Waals surface area (Å²) >= 11 is 24.3. The molecule has 0 amide bonds. The second kappa shape index (κ2) is 45.2. The van der Waals surface area contributed by atoms with Gasteiger partial charge in [0.05, 0.1) is 27.1 Å². The first-order valence-electron chi connectivity index (χ1n) is 15.5. The van der Waals surface area contributed by atoms with E-state index in [9.17, 15) is 9.59 Å². The number of carbonyl (C=O) groups is 2. The van der Waals surface area contributed by atoms with Crippen molar-refractivity contribution in [1.29, 1.82) is 0 Å². The van der Waals surface area contributed by atoms with Crippen LogP contribution in [0.15, 0.2) is 60.9 Å². The van der Waals surface area contributed by atoms with Gasteiger partial charge < -0.3 is 12.3 Å². The molecule has 0 unspecified atom stereocenters. The van der Waals surface area contributed by atoms with Gasteiger partial charge in [-0.05, 0) is 66.2 Å². The summed E-state index contributed by atoms with van der Waals surface area (Å²) in [7, 11) is 2.73. The van der Waals surface area contributed by atoms with Crippen LogP contribution in [0.25, 0.3) is 0 Å². The van der Waals surface area contributed by atoms with Gasteiger partial charge in [0, 0.05) is 34.6 Å². The van der Waals surface area contributed by atoms with Crippen LogP contribution in [0.1, 0.15) is 41.9 Å². The molecule has 0 saturated heterocycles. The summed E-state index contributed by atoms with van der Waals surface area (Å²) in [5.41, 5.74) is 5.40. The van der Waals surface area contributed by atoms with E-state index in [4.69, 9.17) is 41.2 Å². The van der Waals surface area contributed by atoms with Crippen LogP contribution < -0.4 is 103 Å². The van der Waals surface area contributed by atoms with Crippen LogP contribution in [0.2, 0.25) is 15.7 Å². The standard InChI is InChI=1S/C16H13ClN2O2.C11H10O2.C5H4Cl2N2.8K.2H/c1-11-10-18-16(17)19-14(11)8-7-12-5-3-4-6-13(12)9-15(20)21-2;1-3-9-6-4-5-7-10(9)8-11(12)13-2;1-3-2-8-5(7)9-4(3)6;;;;;;;;;;/h3-6,10H,9H2,1-2H3;1,4-7H,8H2,2H3;2H,1H3;;;;;;;;;;/q;;;;;;;;;2*+1;2*-1. The van der Waals surface area contributed by atoms with E-state index in [1.165, 1.54) is 204 Å². The number of ether oxygens (including phenoxy) is 2. The quantitative estimate of drug-likeness (QED) is 0.0761. The van der Waals surface area contributed by atoms with Gasteiger partial charge in [-0.25, -0.2) is 19.9 Å². The zero-order valence-electron chi connectivity index (χ0n) is 33.8. The molecule has 4 rings (SSSR count). The molecule has 0 aliphatic rings. The van der Waals surface area contributed by atoms with Crippen molar-refractivity contribution in [3.05, 3.63) is 116 Å². The molecule has 4 aromatic rings. The van der Waals surface area contributed by atoms with E-state index in [2.05, 4.69) is 47.2 Å². The Hall–Kier alpha value is 8.62. The molecule has 2 aromatic heterocycles. The molecule has 0 radical (unpaired) electrons. The Kier molecular flexibility index (Phi) is 58.7. The number of benzene rings is 2. The fourth-order valence-electron chi connectivity index (χ4n) is 3.14. The molecule has 0 fully saturated rings. The van der Waals surface area contributed by atoms with Crippen LogP contribution in [-0.4, -0.2) is 236 Å². The number of methoxy groups -OCH3 is 2. The normalized spacial score (nSPS) is 8.43. The minimum atomic E-state index is -0.300. The maximum absolute atomic E-state index is 11.4. The zero-order valence-corrected chi connectivity index (χ0v) is 59.1. The molecule has 51 heavy (non-hydrogen) atoms. The third-order valence-corrected chi connectivity index (χ3v) is 6.20. The minimum absolute atomic E-state index is 0. The molecule has 0 N–H and O–H groups in total. The van der Waals surface area contributed by atoms with E-state index in [1.54, 1.807) is 18.5 Å². The van der Waals surface area contributed by atoms with Crippen molar-refractivity contribution in [3.8, 4) is 24.2 Å². The fourth-order valence-corrected chi connectivity index (χ4v) is 3.58. The molecule has 0 saturated carbocycles. The van der Waals surface area contributed by atoms with Gasteiger partial charge in [-0.2, -0.15) is 0 Å². The Bertz CT molecular complexity index is 1720. The molecular weight excluding hydrogens is 924 g/mol. The molecule has 0 spiro atoms.